The average molecular weight is 215 g/mol. The molecule has 5 nitrogen and oxygen atoms in total. The van der Waals surface area contributed by atoms with Gasteiger partial charge in [0.2, 0.25) is 0 Å². The molecule has 1 rings (SSSR count). The molecule has 0 spiro atoms. The van der Waals surface area contributed by atoms with Gasteiger partial charge in [0.25, 0.3) is 5.91 Å². The third kappa shape index (κ3) is 3.44. The Bertz CT molecular complexity index is 207. The Morgan fingerprint density at radius 2 is 2.13 bits per heavy atom. The van der Waals surface area contributed by atoms with Crippen LogP contribution in [0.2, 0.25) is 0 Å². The predicted octanol–water partition coefficient (Wildman–Crippen LogP) is -0.876. The maximum atomic E-state index is 11.9. The first-order valence-corrected chi connectivity index (χ1v) is 5.39. The first kappa shape index (κ1) is 12.4. The van der Waals surface area contributed by atoms with E-state index in [1.54, 1.807) is 0 Å². The number of hydrogen-bond acceptors (Lipinski definition) is 4. The average Bonchev–Trinajstić information content (AvgIpc) is 2.44. The maximum absolute atomic E-state index is 11.9. The minimum absolute atomic E-state index is 0.0234. The van der Waals surface area contributed by atoms with Gasteiger partial charge in [-0.1, -0.05) is 0 Å². The van der Waals surface area contributed by atoms with Gasteiger partial charge in [0, 0.05) is 33.3 Å². The molecule has 0 aromatic carbocycles. The molecule has 15 heavy (non-hydrogen) atoms. The minimum Gasteiger partial charge on any atom is -0.370 e. The van der Waals surface area contributed by atoms with Crippen LogP contribution in [0.15, 0.2) is 0 Å². The van der Waals surface area contributed by atoms with Crippen LogP contribution < -0.4 is 5.73 Å². The molecule has 0 bridgehead atoms. The molecule has 1 fully saturated rings. The molecule has 0 aliphatic carbocycles. The zero-order valence-corrected chi connectivity index (χ0v) is 9.61. The summed E-state index contributed by atoms with van der Waals surface area (Å²) in [6.07, 6.45) is 0.539. The van der Waals surface area contributed by atoms with Gasteiger partial charge in [0.15, 0.2) is 0 Å². The predicted molar refractivity (Wildman–Crippen MR) is 58.5 cm³/mol. The van der Waals surface area contributed by atoms with Crippen molar-refractivity contribution in [2.24, 2.45) is 5.73 Å². The lowest BCUT2D eigenvalue weighted by Crippen LogP contribution is -2.45. The third-order valence-corrected chi connectivity index (χ3v) is 2.81. The number of rotatable bonds is 3. The molecule has 88 valence electrons. The highest BCUT2D eigenvalue weighted by Crippen LogP contribution is 2.04. The van der Waals surface area contributed by atoms with Crippen LogP contribution in [-0.4, -0.2) is 68.7 Å². The van der Waals surface area contributed by atoms with Gasteiger partial charge < -0.3 is 20.3 Å². The molecule has 0 saturated carbocycles. The van der Waals surface area contributed by atoms with Gasteiger partial charge in [-0.3, -0.25) is 4.79 Å². The SMILES string of the molecule is COC(CN)C(=O)N1CCCN(C)CC1. The van der Waals surface area contributed by atoms with E-state index in [9.17, 15) is 4.79 Å². The number of nitrogens with two attached hydrogens (primary N) is 1. The Balaban J connectivity index is 2.51. The Kier molecular flexibility index (Phi) is 5.01. The maximum Gasteiger partial charge on any atom is 0.253 e. The van der Waals surface area contributed by atoms with Gasteiger partial charge in [-0.2, -0.15) is 0 Å². The summed E-state index contributed by atoms with van der Waals surface area (Å²) in [5.41, 5.74) is 5.47. The number of carbonyl (C=O) groups is 1. The first-order valence-electron chi connectivity index (χ1n) is 5.39. The second-order valence-electron chi connectivity index (χ2n) is 3.94. The lowest BCUT2D eigenvalue weighted by atomic mass is 10.3. The molecule has 1 amide bonds. The second kappa shape index (κ2) is 6.05. The van der Waals surface area contributed by atoms with Gasteiger partial charge in [0.1, 0.15) is 6.10 Å². The van der Waals surface area contributed by atoms with E-state index in [1.165, 1.54) is 7.11 Å². The van der Waals surface area contributed by atoms with E-state index in [-0.39, 0.29) is 12.5 Å². The van der Waals surface area contributed by atoms with Gasteiger partial charge in [-0.15, -0.1) is 0 Å². The zero-order chi connectivity index (χ0) is 11.3. The van der Waals surface area contributed by atoms with Crippen LogP contribution in [0.5, 0.6) is 0 Å². The highest BCUT2D eigenvalue weighted by molar-refractivity contribution is 5.81. The van der Waals surface area contributed by atoms with Crippen molar-refractivity contribution in [3.05, 3.63) is 0 Å². The fourth-order valence-corrected chi connectivity index (χ4v) is 1.77. The summed E-state index contributed by atoms with van der Waals surface area (Å²) in [7, 11) is 3.60. The van der Waals surface area contributed by atoms with Crippen LogP contribution >= 0.6 is 0 Å². The lowest BCUT2D eigenvalue weighted by molar-refractivity contribution is -0.141. The van der Waals surface area contributed by atoms with E-state index < -0.39 is 6.10 Å². The number of hydrogen-bond donors (Lipinski definition) is 1. The molecule has 1 saturated heterocycles. The summed E-state index contributed by atoms with van der Waals surface area (Å²) in [4.78, 5) is 16.0. The standard InChI is InChI=1S/C10H21N3O2/c1-12-4-3-5-13(7-6-12)10(14)9(8-11)15-2/h9H,3-8,11H2,1-2H3. The smallest absolute Gasteiger partial charge is 0.253 e. The van der Waals surface area contributed by atoms with Crippen molar-refractivity contribution in [1.82, 2.24) is 9.80 Å². The minimum atomic E-state index is -0.478. The van der Waals surface area contributed by atoms with Crippen molar-refractivity contribution in [2.75, 3.05) is 46.9 Å². The molecule has 2 N–H and O–H groups in total. The van der Waals surface area contributed by atoms with Crippen LogP contribution in [0.3, 0.4) is 0 Å². The summed E-state index contributed by atoms with van der Waals surface area (Å²) < 4.78 is 5.05. The van der Waals surface area contributed by atoms with Crippen molar-refractivity contribution in [2.45, 2.75) is 12.5 Å². The molecular formula is C10H21N3O2. The van der Waals surface area contributed by atoms with Crippen LogP contribution in [0, 0.1) is 0 Å². The Morgan fingerprint density at radius 1 is 1.40 bits per heavy atom. The highest BCUT2D eigenvalue weighted by Gasteiger charge is 2.24. The number of methoxy groups -OCH3 is 1. The largest absolute Gasteiger partial charge is 0.370 e. The van der Waals surface area contributed by atoms with Crippen LogP contribution in [0.25, 0.3) is 0 Å². The number of ether oxygens (including phenoxy) is 1. The fourth-order valence-electron chi connectivity index (χ4n) is 1.77. The molecule has 0 aromatic heterocycles. The molecule has 1 atom stereocenters. The fraction of sp³-hybridized carbons (Fsp3) is 0.900. The molecule has 1 heterocycles. The van der Waals surface area contributed by atoms with Gasteiger partial charge in [-0.05, 0) is 20.0 Å². The molecule has 1 aliphatic heterocycles. The Morgan fingerprint density at radius 3 is 2.73 bits per heavy atom. The topological polar surface area (TPSA) is 58.8 Å². The van der Waals surface area contributed by atoms with Crippen LogP contribution in [0.1, 0.15) is 6.42 Å². The van der Waals surface area contributed by atoms with Crippen molar-refractivity contribution < 1.29 is 9.53 Å². The van der Waals surface area contributed by atoms with Crippen LogP contribution in [0.4, 0.5) is 0 Å². The lowest BCUT2D eigenvalue weighted by Gasteiger charge is -2.24. The van der Waals surface area contributed by atoms with E-state index >= 15 is 0 Å². The van der Waals surface area contributed by atoms with Gasteiger partial charge in [-0.25, -0.2) is 0 Å². The van der Waals surface area contributed by atoms with Crippen molar-refractivity contribution in [3.63, 3.8) is 0 Å². The third-order valence-electron chi connectivity index (χ3n) is 2.81. The summed E-state index contributed by atoms with van der Waals surface area (Å²) in [6.45, 7) is 3.80. The number of carbonyl (C=O) groups excluding carboxylic acids is 1. The number of nitrogens with zero attached hydrogens (tertiary/aromatic N) is 2. The van der Waals surface area contributed by atoms with Gasteiger partial charge in [0.05, 0.1) is 0 Å². The summed E-state index contributed by atoms with van der Waals surface area (Å²) in [5, 5.41) is 0. The molecule has 1 aliphatic rings. The number of likely N-dealkylation sites (N-methyl/N-ethyl adjacent to an activating group) is 1. The quantitative estimate of drug-likeness (QED) is 0.664. The molecule has 0 aromatic rings. The van der Waals surface area contributed by atoms with Crippen LogP contribution in [-0.2, 0) is 9.53 Å². The number of amides is 1. The van der Waals surface area contributed by atoms with Crippen molar-refractivity contribution in [1.29, 1.82) is 0 Å². The van der Waals surface area contributed by atoms with E-state index in [0.29, 0.717) is 0 Å². The zero-order valence-electron chi connectivity index (χ0n) is 9.61. The van der Waals surface area contributed by atoms with E-state index in [4.69, 9.17) is 10.5 Å². The molecule has 5 heteroatoms. The summed E-state index contributed by atoms with van der Waals surface area (Å²) in [5.74, 6) is 0.0234. The van der Waals surface area contributed by atoms with Crippen molar-refractivity contribution in [3.8, 4) is 0 Å². The van der Waals surface area contributed by atoms with Crippen molar-refractivity contribution >= 4 is 5.91 Å². The Labute approximate surface area is 91.2 Å². The monoisotopic (exact) mass is 215 g/mol. The van der Waals surface area contributed by atoms with Gasteiger partial charge >= 0.3 is 0 Å². The highest BCUT2D eigenvalue weighted by atomic mass is 16.5. The van der Waals surface area contributed by atoms with E-state index in [1.807, 2.05) is 4.90 Å². The summed E-state index contributed by atoms with van der Waals surface area (Å²) >= 11 is 0. The molecule has 1 unspecified atom stereocenters. The first-order chi connectivity index (χ1) is 7.19. The van der Waals surface area contributed by atoms with E-state index in [0.717, 1.165) is 32.6 Å². The van der Waals surface area contributed by atoms with E-state index in [2.05, 4.69) is 11.9 Å². The summed E-state index contributed by atoms with van der Waals surface area (Å²) in [6, 6.07) is 0. The molecular weight excluding hydrogens is 194 g/mol. The second-order valence-corrected chi connectivity index (χ2v) is 3.94. The Hall–Kier alpha value is -0.650. The normalized spacial score (nSPS) is 21.1. The molecule has 0 radical (unpaired) electrons.